The number of nitrogens with one attached hydrogen (secondary N) is 2. The van der Waals surface area contributed by atoms with Crippen LogP contribution in [0, 0.1) is 0 Å². The molecule has 25 heavy (non-hydrogen) atoms. The summed E-state index contributed by atoms with van der Waals surface area (Å²) in [6.45, 7) is 6.09. The molecule has 1 heterocycles. The van der Waals surface area contributed by atoms with Gasteiger partial charge in [0.15, 0.2) is 0 Å². The molecule has 3 rings (SSSR count). The van der Waals surface area contributed by atoms with Crippen molar-refractivity contribution in [2.75, 3.05) is 25.6 Å². The first-order valence-electron chi connectivity index (χ1n) is 8.71. The molecule has 0 atom stereocenters. The van der Waals surface area contributed by atoms with E-state index in [1.165, 1.54) is 10.9 Å². The van der Waals surface area contributed by atoms with Crippen LogP contribution in [0.1, 0.15) is 19.4 Å². The maximum atomic E-state index is 5.70. The molecule has 1 aromatic heterocycles. The van der Waals surface area contributed by atoms with E-state index in [4.69, 9.17) is 9.47 Å². The van der Waals surface area contributed by atoms with Gasteiger partial charge in [-0.3, -0.25) is 0 Å². The molecule has 4 heteroatoms. The van der Waals surface area contributed by atoms with E-state index < -0.39 is 0 Å². The van der Waals surface area contributed by atoms with Crippen molar-refractivity contribution in [1.29, 1.82) is 0 Å². The third-order valence-corrected chi connectivity index (χ3v) is 4.02. The van der Waals surface area contributed by atoms with Crippen molar-refractivity contribution in [2.24, 2.45) is 0 Å². The number of aromatic nitrogens is 1. The summed E-state index contributed by atoms with van der Waals surface area (Å²) in [5.74, 6) is 0. The summed E-state index contributed by atoms with van der Waals surface area (Å²) < 4.78 is 10.7. The van der Waals surface area contributed by atoms with Crippen molar-refractivity contribution in [3.8, 4) is 11.3 Å². The smallest absolute Gasteiger partial charge is 0.0719 e. The molecule has 0 saturated carbocycles. The molecule has 0 saturated heterocycles. The van der Waals surface area contributed by atoms with Gasteiger partial charge in [0.25, 0.3) is 0 Å². The van der Waals surface area contributed by atoms with E-state index in [2.05, 4.69) is 66.6 Å². The summed E-state index contributed by atoms with van der Waals surface area (Å²) >= 11 is 0. The maximum Gasteiger partial charge on any atom is 0.0719 e. The van der Waals surface area contributed by atoms with Crippen LogP contribution in [0.3, 0.4) is 0 Å². The molecule has 0 unspecified atom stereocenters. The normalized spacial score (nSPS) is 11.4. The minimum absolute atomic E-state index is 0.358. The molecular formula is C21H26N2O2. The average Bonchev–Trinajstić information content (AvgIpc) is 3.03. The van der Waals surface area contributed by atoms with Gasteiger partial charge in [-0.25, -0.2) is 0 Å². The summed E-state index contributed by atoms with van der Waals surface area (Å²) in [7, 11) is 1.69. The highest BCUT2D eigenvalue weighted by atomic mass is 16.5. The van der Waals surface area contributed by atoms with Crippen LogP contribution in [0.4, 0.5) is 5.69 Å². The van der Waals surface area contributed by atoms with Crippen LogP contribution in [0.15, 0.2) is 48.5 Å². The highest BCUT2D eigenvalue weighted by Crippen LogP contribution is 2.31. The Morgan fingerprint density at radius 3 is 2.56 bits per heavy atom. The van der Waals surface area contributed by atoms with Crippen LogP contribution < -0.4 is 5.32 Å². The molecule has 2 N–H and O–H groups in total. The highest BCUT2D eigenvalue weighted by Gasteiger charge is 2.10. The molecule has 0 aliphatic rings. The van der Waals surface area contributed by atoms with Crippen LogP contribution in [0.2, 0.25) is 0 Å². The van der Waals surface area contributed by atoms with Crippen LogP contribution in [-0.2, 0) is 16.1 Å². The summed E-state index contributed by atoms with van der Waals surface area (Å²) in [5, 5.41) is 4.73. The minimum Gasteiger partial charge on any atom is -0.382 e. The Morgan fingerprint density at radius 1 is 1.04 bits per heavy atom. The van der Waals surface area contributed by atoms with E-state index in [1.54, 1.807) is 7.11 Å². The fourth-order valence-electron chi connectivity index (χ4n) is 2.92. The quantitative estimate of drug-likeness (QED) is 0.579. The first-order valence-corrected chi connectivity index (χ1v) is 8.71. The number of benzene rings is 2. The van der Waals surface area contributed by atoms with E-state index >= 15 is 0 Å². The summed E-state index contributed by atoms with van der Waals surface area (Å²) in [6, 6.07) is 17.3. The molecule has 0 spiro atoms. The Hall–Kier alpha value is -2.30. The van der Waals surface area contributed by atoms with Crippen molar-refractivity contribution >= 4 is 16.6 Å². The van der Waals surface area contributed by atoms with E-state index in [9.17, 15) is 0 Å². The lowest BCUT2D eigenvalue weighted by Crippen LogP contribution is -2.10. The van der Waals surface area contributed by atoms with Gasteiger partial charge in [-0.2, -0.15) is 0 Å². The first-order chi connectivity index (χ1) is 12.2. The topological polar surface area (TPSA) is 46.3 Å². The Bertz CT molecular complexity index is 809. The van der Waals surface area contributed by atoms with Crippen LogP contribution in [-0.4, -0.2) is 31.3 Å². The lowest BCUT2D eigenvalue weighted by atomic mass is 10.1. The van der Waals surface area contributed by atoms with Gasteiger partial charge in [-0.1, -0.05) is 30.3 Å². The molecule has 2 aromatic carbocycles. The van der Waals surface area contributed by atoms with Crippen LogP contribution in [0.5, 0.6) is 0 Å². The predicted octanol–water partition coefficient (Wildman–Crippen LogP) is 4.82. The lowest BCUT2D eigenvalue weighted by molar-refractivity contribution is 0.0617. The molecule has 3 aromatic rings. The number of H-pyrrole nitrogens is 1. The van der Waals surface area contributed by atoms with Gasteiger partial charge in [0.2, 0.25) is 0 Å². The molecule has 0 fully saturated rings. The number of rotatable bonds is 8. The second-order valence-corrected chi connectivity index (χ2v) is 6.50. The van der Waals surface area contributed by atoms with Crippen molar-refractivity contribution < 1.29 is 9.47 Å². The van der Waals surface area contributed by atoms with E-state index in [0.29, 0.717) is 25.9 Å². The van der Waals surface area contributed by atoms with Crippen LogP contribution >= 0.6 is 0 Å². The number of ether oxygens (including phenoxy) is 2. The zero-order valence-corrected chi connectivity index (χ0v) is 15.1. The number of aromatic amines is 1. The van der Waals surface area contributed by atoms with Crippen LogP contribution in [0.25, 0.3) is 22.2 Å². The summed E-state index contributed by atoms with van der Waals surface area (Å²) in [5.41, 5.74) is 5.71. The number of fused-ring (bicyclic) bond motifs is 1. The lowest BCUT2D eigenvalue weighted by Gasteiger charge is -2.13. The zero-order valence-electron chi connectivity index (χ0n) is 15.1. The zero-order chi connectivity index (χ0) is 17.6. The third kappa shape index (κ3) is 4.41. The predicted molar refractivity (Wildman–Crippen MR) is 104 cm³/mol. The number of hydrogen-bond acceptors (Lipinski definition) is 3. The number of anilines is 1. The molecule has 0 amide bonds. The standard InChI is InChI=1S/C21H26N2O2/c1-15(2)22-20-12-16(14-25-10-9-24-3)11-18-13-19(23-21(18)20)17-7-5-4-6-8-17/h4-8,11-13,15,22-23H,9-10,14H2,1-3H3. The molecule has 0 aliphatic heterocycles. The van der Waals surface area contributed by atoms with Gasteiger partial charge in [-0.05, 0) is 43.2 Å². The first kappa shape index (κ1) is 17.5. The largest absolute Gasteiger partial charge is 0.382 e. The van der Waals surface area contributed by atoms with Gasteiger partial charge in [-0.15, -0.1) is 0 Å². The Morgan fingerprint density at radius 2 is 1.84 bits per heavy atom. The SMILES string of the molecule is COCCOCc1cc(NC(C)C)c2[nH]c(-c3ccccc3)cc2c1. The molecule has 0 aliphatic carbocycles. The van der Waals surface area contributed by atoms with Gasteiger partial charge in [0.05, 0.1) is 31.0 Å². The van der Waals surface area contributed by atoms with Gasteiger partial charge in [0.1, 0.15) is 0 Å². The Labute approximate surface area is 149 Å². The van der Waals surface area contributed by atoms with Crippen molar-refractivity contribution in [2.45, 2.75) is 26.5 Å². The molecule has 0 bridgehead atoms. The van der Waals surface area contributed by atoms with E-state index in [1.807, 2.05) is 6.07 Å². The number of hydrogen-bond donors (Lipinski definition) is 2. The molecule has 0 radical (unpaired) electrons. The van der Waals surface area contributed by atoms with Crippen molar-refractivity contribution in [3.63, 3.8) is 0 Å². The summed E-state index contributed by atoms with van der Waals surface area (Å²) in [4.78, 5) is 3.57. The molecule has 4 nitrogen and oxygen atoms in total. The fraction of sp³-hybridized carbons (Fsp3) is 0.333. The maximum absolute atomic E-state index is 5.70. The number of methoxy groups -OCH3 is 1. The van der Waals surface area contributed by atoms with E-state index in [0.717, 1.165) is 22.5 Å². The fourth-order valence-corrected chi connectivity index (χ4v) is 2.92. The van der Waals surface area contributed by atoms with Crippen molar-refractivity contribution in [1.82, 2.24) is 4.98 Å². The third-order valence-electron chi connectivity index (χ3n) is 4.02. The van der Waals surface area contributed by atoms with E-state index in [-0.39, 0.29) is 0 Å². The van der Waals surface area contributed by atoms with Gasteiger partial charge >= 0.3 is 0 Å². The highest BCUT2D eigenvalue weighted by molar-refractivity contribution is 5.95. The molecular weight excluding hydrogens is 312 g/mol. The average molecular weight is 338 g/mol. The van der Waals surface area contributed by atoms with Gasteiger partial charge in [0, 0.05) is 24.2 Å². The minimum atomic E-state index is 0.358. The van der Waals surface area contributed by atoms with Gasteiger partial charge < -0.3 is 19.8 Å². The second-order valence-electron chi connectivity index (χ2n) is 6.50. The molecule has 132 valence electrons. The Kier molecular flexibility index (Phi) is 5.74. The Balaban J connectivity index is 1.94. The monoisotopic (exact) mass is 338 g/mol. The second kappa shape index (κ2) is 8.19. The summed E-state index contributed by atoms with van der Waals surface area (Å²) in [6.07, 6.45) is 0. The van der Waals surface area contributed by atoms with Crippen molar-refractivity contribution in [3.05, 3.63) is 54.1 Å².